The Morgan fingerprint density at radius 1 is 1.31 bits per heavy atom. The van der Waals surface area contributed by atoms with Crippen LogP contribution in [0.25, 0.3) is 11.0 Å². The molecule has 0 spiro atoms. The van der Waals surface area contributed by atoms with Crippen LogP contribution in [0.2, 0.25) is 0 Å². The third-order valence-electron chi connectivity index (χ3n) is 3.99. The topological polar surface area (TPSA) is 47.4 Å². The van der Waals surface area contributed by atoms with E-state index >= 15 is 0 Å². The van der Waals surface area contributed by atoms with Crippen molar-refractivity contribution in [3.63, 3.8) is 0 Å². The van der Waals surface area contributed by atoms with Gasteiger partial charge in [-0.3, -0.25) is 9.36 Å². The van der Waals surface area contributed by atoms with Crippen molar-refractivity contribution in [3.05, 3.63) is 58.3 Å². The van der Waals surface area contributed by atoms with E-state index in [1.165, 1.54) is 12.0 Å². The van der Waals surface area contributed by atoms with E-state index in [-0.39, 0.29) is 18.3 Å². The minimum Gasteiger partial charge on any atom is -0.497 e. The number of hydrogen-bond donors (Lipinski definition) is 0. The minimum absolute atomic E-state index is 0.0541. The molecule has 0 radical (unpaired) electrons. The smallest absolute Gasteiger partial charge is 0.320 e. The zero-order valence-electron chi connectivity index (χ0n) is 14.1. The fourth-order valence-electron chi connectivity index (χ4n) is 2.71. The van der Waals surface area contributed by atoms with Crippen LogP contribution in [-0.4, -0.2) is 34.5 Å². The van der Waals surface area contributed by atoms with Gasteiger partial charge in [0, 0.05) is 11.5 Å². The third kappa shape index (κ3) is 3.41. The summed E-state index contributed by atoms with van der Waals surface area (Å²) in [5, 5.41) is 0. The number of amides is 1. The number of benzene rings is 2. The molecule has 0 aliphatic heterocycles. The maximum atomic E-state index is 13.5. The van der Waals surface area contributed by atoms with Crippen LogP contribution in [0.5, 0.6) is 5.75 Å². The first-order valence-electron chi connectivity index (χ1n) is 7.75. The number of imidazole rings is 1. The molecule has 0 aliphatic carbocycles. The van der Waals surface area contributed by atoms with E-state index in [0.717, 1.165) is 4.57 Å². The first kappa shape index (κ1) is 18.3. The van der Waals surface area contributed by atoms with Crippen molar-refractivity contribution in [2.45, 2.75) is 13.1 Å². The van der Waals surface area contributed by atoms with Gasteiger partial charge in [-0.1, -0.05) is 12.1 Å². The van der Waals surface area contributed by atoms with Crippen molar-refractivity contribution in [3.8, 4) is 5.75 Å². The molecule has 0 unspecified atom stereocenters. The number of halogens is 3. The van der Waals surface area contributed by atoms with Gasteiger partial charge in [-0.05, 0) is 46.3 Å². The summed E-state index contributed by atoms with van der Waals surface area (Å²) in [6.07, 6.45) is 0. The average molecular weight is 424 g/mol. The number of aromatic nitrogens is 2. The summed E-state index contributed by atoms with van der Waals surface area (Å²) >= 11 is 3.34. The summed E-state index contributed by atoms with van der Waals surface area (Å²) in [6.45, 7) is -2.80. The molecule has 0 N–H and O–H groups in total. The monoisotopic (exact) mass is 423 g/mol. The quantitative estimate of drug-likeness (QED) is 0.607. The predicted octanol–water partition coefficient (Wildman–Crippen LogP) is 4.47. The Bertz CT molecular complexity index is 959. The van der Waals surface area contributed by atoms with Gasteiger partial charge < -0.3 is 9.64 Å². The van der Waals surface area contributed by atoms with E-state index in [2.05, 4.69) is 20.9 Å². The number of rotatable bonds is 5. The number of methoxy groups -OCH3 is 1. The number of carbonyl (C=O) groups is 1. The van der Waals surface area contributed by atoms with Gasteiger partial charge >= 0.3 is 6.55 Å². The van der Waals surface area contributed by atoms with Crippen molar-refractivity contribution < 1.29 is 18.3 Å². The first-order chi connectivity index (χ1) is 12.4. The van der Waals surface area contributed by atoms with Gasteiger partial charge in [-0.25, -0.2) is 4.98 Å². The van der Waals surface area contributed by atoms with Crippen LogP contribution in [0, 0.1) is 0 Å². The number of para-hydroxylation sites is 2. The van der Waals surface area contributed by atoms with Crippen molar-refractivity contribution in [2.24, 2.45) is 0 Å². The summed E-state index contributed by atoms with van der Waals surface area (Å²) in [5.74, 6) is 0.324. The Morgan fingerprint density at radius 2 is 2.04 bits per heavy atom. The van der Waals surface area contributed by atoms with Crippen LogP contribution in [-0.2, 0) is 6.54 Å². The second-order valence-electron chi connectivity index (χ2n) is 5.67. The Hall–Kier alpha value is -2.48. The second kappa shape index (κ2) is 7.41. The number of carbonyl (C=O) groups excluding carboxylic acids is 1. The van der Waals surface area contributed by atoms with E-state index in [4.69, 9.17) is 4.74 Å². The Kier molecular flexibility index (Phi) is 5.22. The second-order valence-corrected chi connectivity index (χ2v) is 6.53. The van der Waals surface area contributed by atoms with Crippen LogP contribution in [0.3, 0.4) is 0 Å². The normalized spacial score (nSPS) is 11.2. The van der Waals surface area contributed by atoms with Gasteiger partial charge in [0.2, 0.25) is 0 Å². The van der Waals surface area contributed by atoms with E-state index in [1.54, 1.807) is 49.5 Å². The summed E-state index contributed by atoms with van der Waals surface area (Å²) in [5.41, 5.74) is 1.18. The highest BCUT2D eigenvalue weighted by atomic mass is 79.9. The summed E-state index contributed by atoms with van der Waals surface area (Å²) in [6, 6.07) is 11.7. The number of nitrogens with zero attached hydrogens (tertiary/aromatic N) is 3. The first-order valence-corrected chi connectivity index (χ1v) is 8.54. The number of hydrogen-bond acceptors (Lipinski definition) is 3. The van der Waals surface area contributed by atoms with Gasteiger partial charge in [0.05, 0.1) is 30.3 Å². The van der Waals surface area contributed by atoms with Gasteiger partial charge in [-0.2, -0.15) is 8.78 Å². The van der Waals surface area contributed by atoms with Gasteiger partial charge in [0.1, 0.15) is 11.6 Å². The van der Waals surface area contributed by atoms with Crippen LogP contribution >= 0.6 is 15.9 Å². The molecular weight excluding hydrogens is 408 g/mol. The van der Waals surface area contributed by atoms with Crippen molar-refractivity contribution in [1.29, 1.82) is 0 Å². The van der Waals surface area contributed by atoms with Crippen molar-refractivity contribution >= 4 is 32.9 Å². The summed E-state index contributed by atoms with van der Waals surface area (Å²) in [7, 11) is 3.05. The van der Waals surface area contributed by atoms with E-state index in [9.17, 15) is 13.6 Å². The lowest BCUT2D eigenvalue weighted by Gasteiger charge is -2.19. The predicted molar refractivity (Wildman–Crippen MR) is 97.5 cm³/mol. The maximum absolute atomic E-state index is 13.5. The van der Waals surface area contributed by atoms with Crippen LogP contribution in [0.1, 0.15) is 22.7 Å². The molecule has 1 heterocycles. The Labute approximate surface area is 157 Å². The van der Waals surface area contributed by atoms with E-state index < -0.39 is 6.55 Å². The molecule has 0 atom stereocenters. The van der Waals surface area contributed by atoms with E-state index in [1.807, 2.05) is 0 Å². The highest BCUT2D eigenvalue weighted by Gasteiger charge is 2.22. The van der Waals surface area contributed by atoms with Gasteiger partial charge in [0.15, 0.2) is 0 Å². The maximum Gasteiger partial charge on any atom is 0.320 e. The molecule has 0 saturated heterocycles. The van der Waals surface area contributed by atoms with Gasteiger partial charge in [-0.15, -0.1) is 0 Å². The molecule has 26 heavy (non-hydrogen) atoms. The van der Waals surface area contributed by atoms with Gasteiger partial charge in [0.25, 0.3) is 5.91 Å². The molecule has 0 bridgehead atoms. The standard InChI is InChI=1S/C18H16BrF2N3O2/c1-23(17(25)12-9-11(26-2)7-8-13(12)19)10-16-22-14-5-3-4-6-15(14)24(16)18(20)21/h3-9,18H,10H2,1-2H3. The van der Waals surface area contributed by atoms with Crippen LogP contribution < -0.4 is 4.74 Å². The molecule has 3 rings (SSSR count). The lowest BCUT2D eigenvalue weighted by Crippen LogP contribution is -2.28. The summed E-state index contributed by atoms with van der Waals surface area (Å²) < 4.78 is 33.6. The zero-order valence-corrected chi connectivity index (χ0v) is 15.7. The molecule has 1 amide bonds. The molecular formula is C18H16BrF2N3O2. The molecule has 1 aromatic heterocycles. The van der Waals surface area contributed by atoms with Crippen molar-refractivity contribution in [2.75, 3.05) is 14.2 Å². The lowest BCUT2D eigenvalue weighted by molar-refractivity contribution is 0.0646. The summed E-state index contributed by atoms with van der Waals surface area (Å²) in [4.78, 5) is 18.4. The minimum atomic E-state index is -2.75. The number of fused-ring (bicyclic) bond motifs is 1. The SMILES string of the molecule is COc1ccc(Br)c(C(=O)N(C)Cc2nc3ccccc3n2C(F)F)c1. The Morgan fingerprint density at radius 3 is 2.73 bits per heavy atom. The van der Waals surface area contributed by atoms with Crippen molar-refractivity contribution in [1.82, 2.24) is 14.5 Å². The lowest BCUT2D eigenvalue weighted by atomic mass is 10.2. The molecule has 5 nitrogen and oxygen atoms in total. The number of ether oxygens (including phenoxy) is 1. The largest absolute Gasteiger partial charge is 0.497 e. The molecule has 8 heteroatoms. The molecule has 136 valence electrons. The Balaban J connectivity index is 1.93. The third-order valence-corrected chi connectivity index (χ3v) is 4.68. The highest BCUT2D eigenvalue weighted by Crippen LogP contribution is 2.26. The molecule has 0 fully saturated rings. The number of alkyl halides is 2. The zero-order chi connectivity index (χ0) is 18.8. The fourth-order valence-corrected chi connectivity index (χ4v) is 3.12. The molecule has 0 aliphatic rings. The molecule has 0 saturated carbocycles. The molecule has 3 aromatic rings. The van der Waals surface area contributed by atoms with E-state index in [0.29, 0.717) is 26.8 Å². The average Bonchev–Trinajstić information content (AvgIpc) is 2.99. The fraction of sp³-hybridized carbons (Fsp3) is 0.222. The van der Waals surface area contributed by atoms with Crippen LogP contribution in [0.4, 0.5) is 8.78 Å². The highest BCUT2D eigenvalue weighted by molar-refractivity contribution is 9.10. The van der Waals surface area contributed by atoms with Crippen LogP contribution in [0.15, 0.2) is 46.9 Å². The molecule has 2 aromatic carbocycles.